The second kappa shape index (κ2) is 12.5. The van der Waals surface area contributed by atoms with Gasteiger partial charge in [0.1, 0.15) is 0 Å². The van der Waals surface area contributed by atoms with Crippen LogP contribution in [0.5, 0.6) is 0 Å². The molecule has 3 rings (SSSR count). The van der Waals surface area contributed by atoms with E-state index in [4.69, 9.17) is 21.2 Å². The minimum atomic E-state index is -0.857. The third-order valence-electron chi connectivity index (χ3n) is 5.65. The van der Waals surface area contributed by atoms with Gasteiger partial charge in [-0.15, -0.1) is 0 Å². The first kappa shape index (κ1) is 24.9. The molecular formula is C20H29ClFN5O4S. The van der Waals surface area contributed by atoms with Crippen LogP contribution >= 0.6 is 23.4 Å². The molecule has 2 aliphatic rings. The average molecular weight is 490 g/mol. The van der Waals surface area contributed by atoms with E-state index in [2.05, 4.69) is 20.8 Å². The van der Waals surface area contributed by atoms with E-state index >= 15 is 0 Å². The van der Waals surface area contributed by atoms with Gasteiger partial charge < -0.3 is 4.74 Å². The summed E-state index contributed by atoms with van der Waals surface area (Å²) in [5, 5.41) is 1.06. The quantitative estimate of drug-likeness (QED) is 0.160. The standard InChI is InChI=1S/C20H29ClFN5O4S/c1-32-20-23-17(21)16(22)18(24-20)25-26-19(29)14(10-13-6-2-3-7-13)11-27(12-28)31-15-8-4-5-9-30-15/h12-15H,2-11H2,1H3,(H,26,29)(H,23,24,25). The minimum absolute atomic E-state index is 0.0659. The summed E-state index contributed by atoms with van der Waals surface area (Å²) in [5.41, 5.74) is 5.02. The van der Waals surface area contributed by atoms with Crippen molar-refractivity contribution in [1.82, 2.24) is 20.5 Å². The lowest BCUT2D eigenvalue weighted by Gasteiger charge is -2.29. The number of carbonyl (C=O) groups is 2. The van der Waals surface area contributed by atoms with Crippen molar-refractivity contribution in [2.24, 2.45) is 11.8 Å². The number of amides is 2. The highest BCUT2D eigenvalue weighted by Crippen LogP contribution is 2.31. The molecule has 1 saturated carbocycles. The average Bonchev–Trinajstić information content (AvgIpc) is 3.32. The highest BCUT2D eigenvalue weighted by atomic mass is 35.5. The molecule has 0 radical (unpaired) electrons. The third-order valence-corrected chi connectivity index (χ3v) is 6.45. The maximum absolute atomic E-state index is 14.3. The molecule has 1 aliphatic carbocycles. The fourth-order valence-corrected chi connectivity index (χ4v) is 4.57. The number of hydrogen-bond acceptors (Lipinski definition) is 8. The predicted molar refractivity (Wildman–Crippen MR) is 118 cm³/mol. The first-order chi connectivity index (χ1) is 15.5. The number of carbonyl (C=O) groups excluding carboxylic acids is 2. The largest absolute Gasteiger partial charge is 0.350 e. The Morgan fingerprint density at radius 2 is 2.09 bits per heavy atom. The lowest BCUT2D eigenvalue weighted by molar-refractivity contribution is -0.276. The van der Waals surface area contributed by atoms with Crippen LogP contribution in [0.3, 0.4) is 0 Å². The number of ether oxygens (including phenoxy) is 1. The van der Waals surface area contributed by atoms with Crippen molar-refractivity contribution in [3.63, 3.8) is 0 Å². The Kier molecular flexibility index (Phi) is 9.76. The van der Waals surface area contributed by atoms with Gasteiger partial charge in [-0.3, -0.25) is 20.4 Å². The van der Waals surface area contributed by atoms with E-state index in [-0.39, 0.29) is 22.7 Å². The molecule has 2 fully saturated rings. The summed E-state index contributed by atoms with van der Waals surface area (Å²) in [5.74, 6) is -1.64. The van der Waals surface area contributed by atoms with Gasteiger partial charge >= 0.3 is 0 Å². The maximum atomic E-state index is 14.3. The van der Waals surface area contributed by atoms with Crippen LogP contribution in [0.2, 0.25) is 5.15 Å². The second-order valence-electron chi connectivity index (χ2n) is 7.97. The molecule has 1 aliphatic heterocycles. The van der Waals surface area contributed by atoms with Gasteiger partial charge in [0, 0.05) is 13.0 Å². The van der Waals surface area contributed by atoms with Crippen molar-refractivity contribution in [3.05, 3.63) is 11.0 Å². The molecule has 2 atom stereocenters. The number of nitrogens with zero attached hydrogens (tertiary/aromatic N) is 3. The van der Waals surface area contributed by atoms with E-state index in [1.807, 2.05) is 0 Å². The molecule has 0 bridgehead atoms. The van der Waals surface area contributed by atoms with Crippen LogP contribution < -0.4 is 10.9 Å². The Labute approximate surface area is 196 Å². The van der Waals surface area contributed by atoms with E-state index in [9.17, 15) is 14.0 Å². The van der Waals surface area contributed by atoms with Crippen LogP contribution in [0.15, 0.2) is 5.16 Å². The first-order valence-corrected chi connectivity index (χ1v) is 12.4. The topological polar surface area (TPSA) is 106 Å². The monoisotopic (exact) mass is 489 g/mol. The summed E-state index contributed by atoms with van der Waals surface area (Å²) in [6.45, 7) is 0.648. The van der Waals surface area contributed by atoms with Crippen molar-refractivity contribution in [2.75, 3.05) is 24.8 Å². The lowest BCUT2D eigenvalue weighted by atomic mass is 9.92. The SMILES string of the molecule is CSc1nc(Cl)c(F)c(NNC(=O)C(CC2CCCC2)CN(C=O)OC2CCCCO2)n1. The fourth-order valence-electron chi connectivity index (χ4n) is 3.98. The predicted octanol–water partition coefficient (Wildman–Crippen LogP) is 3.55. The van der Waals surface area contributed by atoms with Gasteiger partial charge in [0.15, 0.2) is 22.4 Å². The Balaban J connectivity index is 1.64. The van der Waals surface area contributed by atoms with Crippen molar-refractivity contribution in [2.45, 2.75) is 62.8 Å². The molecule has 9 nitrogen and oxygen atoms in total. The van der Waals surface area contributed by atoms with Crippen molar-refractivity contribution < 1.29 is 23.6 Å². The van der Waals surface area contributed by atoms with Crippen LogP contribution in [0.1, 0.15) is 51.4 Å². The van der Waals surface area contributed by atoms with Crippen molar-refractivity contribution >= 4 is 41.5 Å². The van der Waals surface area contributed by atoms with Crippen LogP contribution in [0.4, 0.5) is 10.2 Å². The lowest BCUT2D eigenvalue weighted by Crippen LogP contribution is -2.43. The molecule has 1 saturated heterocycles. The highest BCUT2D eigenvalue weighted by molar-refractivity contribution is 7.98. The van der Waals surface area contributed by atoms with Crippen LogP contribution in [-0.4, -0.2) is 53.0 Å². The molecule has 0 aromatic carbocycles. The molecule has 2 amide bonds. The zero-order valence-corrected chi connectivity index (χ0v) is 19.6. The zero-order valence-electron chi connectivity index (χ0n) is 18.0. The summed E-state index contributed by atoms with van der Waals surface area (Å²) < 4.78 is 19.8. The fraction of sp³-hybridized carbons (Fsp3) is 0.700. The van der Waals surface area contributed by atoms with Gasteiger partial charge in [-0.25, -0.2) is 19.9 Å². The summed E-state index contributed by atoms with van der Waals surface area (Å²) in [7, 11) is 0. The number of thioether (sulfide) groups is 1. The number of aromatic nitrogens is 2. The van der Waals surface area contributed by atoms with Gasteiger partial charge in [0.05, 0.1) is 12.5 Å². The number of hydroxylamine groups is 2. The second-order valence-corrected chi connectivity index (χ2v) is 9.10. The Hall–Kier alpha value is -1.69. The van der Waals surface area contributed by atoms with Crippen LogP contribution in [-0.2, 0) is 19.2 Å². The van der Waals surface area contributed by atoms with Crippen molar-refractivity contribution in [1.29, 1.82) is 0 Å². The number of hydrogen-bond donors (Lipinski definition) is 2. The van der Waals surface area contributed by atoms with Gasteiger partial charge in [0.2, 0.25) is 18.1 Å². The molecule has 0 spiro atoms. The highest BCUT2D eigenvalue weighted by Gasteiger charge is 2.29. The minimum Gasteiger partial charge on any atom is -0.350 e. The Bertz CT molecular complexity index is 781. The molecule has 2 N–H and O–H groups in total. The Morgan fingerprint density at radius 3 is 2.75 bits per heavy atom. The molecule has 12 heteroatoms. The van der Waals surface area contributed by atoms with Crippen molar-refractivity contribution in [3.8, 4) is 0 Å². The smallest absolute Gasteiger partial charge is 0.243 e. The summed E-state index contributed by atoms with van der Waals surface area (Å²) >= 11 is 7.00. The summed E-state index contributed by atoms with van der Waals surface area (Å²) in [6, 6.07) is 0. The van der Waals surface area contributed by atoms with Crippen LogP contribution in [0.25, 0.3) is 0 Å². The van der Waals surface area contributed by atoms with E-state index < -0.39 is 23.9 Å². The molecular weight excluding hydrogens is 461 g/mol. The zero-order chi connectivity index (χ0) is 22.9. The van der Waals surface area contributed by atoms with Gasteiger partial charge in [-0.1, -0.05) is 49.0 Å². The number of anilines is 1. The number of halogens is 2. The maximum Gasteiger partial charge on any atom is 0.243 e. The molecule has 32 heavy (non-hydrogen) atoms. The summed E-state index contributed by atoms with van der Waals surface area (Å²) in [4.78, 5) is 38.1. The number of hydrazine groups is 1. The first-order valence-electron chi connectivity index (χ1n) is 10.8. The normalized spacial score (nSPS) is 20.0. The van der Waals surface area contributed by atoms with Gasteiger partial charge in [-0.05, 0) is 31.4 Å². The third kappa shape index (κ3) is 7.16. The Morgan fingerprint density at radius 1 is 1.34 bits per heavy atom. The van der Waals surface area contributed by atoms with E-state index in [0.29, 0.717) is 31.8 Å². The molecule has 2 heterocycles. The molecule has 2 unspecified atom stereocenters. The van der Waals surface area contributed by atoms with Gasteiger partial charge in [0.25, 0.3) is 0 Å². The molecule has 1 aromatic heterocycles. The van der Waals surface area contributed by atoms with Gasteiger partial charge in [-0.2, -0.15) is 4.39 Å². The molecule has 1 aromatic rings. The van der Waals surface area contributed by atoms with E-state index in [1.54, 1.807) is 6.26 Å². The number of nitrogens with one attached hydrogen (secondary N) is 2. The summed E-state index contributed by atoms with van der Waals surface area (Å²) in [6.07, 6.45) is 9.33. The van der Waals surface area contributed by atoms with Crippen LogP contribution in [0, 0.1) is 17.7 Å². The van der Waals surface area contributed by atoms with E-state index in [1.165, 1.54) is 11.8 Å². The number of rotatable bonds is 11. The van der Waals surface area contributed by atoms with E-state index in [0.717, 1.165) is 43.6 Å². The molecule has 178 valence electrons.